The van der Waals surface area contributed by atoms with Crippen LogP contribution in [0.25, 0.3) is 0 Å². The number of urea groups is 1. The predicted molar refractivity (Wildman–Crippen MR) is 428 cm³/mol. The quantitative estimate of drug-likeness (QED) is 0.0739. The molecule has 0 heterocycles. The van der Waals surface area contributed by atoms with Crippen molar-refractivity contribution in [1.82, 2.24) is 71.5 Å². The second-order valence-corrected chi connectivity index (χ2v) is 36.5. The highest BCUT2D eigenvalue weighted by molar-refractivity contribution is 5.81. The van der Waals surface area contributed by atoms with Gasteiger partial charge in [-0.25, -0.2) is 4.79 Å². The minimum absolute atomic E-state index is 0.00759. The van der Waals surface area contributed by atoms with E-state index in [9.17, 15) is 14.4 Å². The Bertz CT molecular complexity index is 1720. The number of hydrogen-bond donors (Lipinski definition) is 7. The van der Waals surface area contributed by atoms with Crippen molar-refractivity contribution in [2.45, 2.75) is 356 Å². The van der Waals surface area contributed by atoms with Crippen LogP contribution in [0.5, 0.6) is 0 Å². The highest BCUT2D eigenvalue weighted by atomic mass is 16.2. The molecule has 94 heavy (non-hydrogen) atoms. The molecule has 0 fully saturated rings. The second-order valence-electron chi connectivity index (χ2n) is 36.5. The van der Waals surface area contributed by atoms with Gasteiger partial charge in [-0.05, 0) is 301 Å². The number of likely N-dealkylation sites (N-methyl/N-ethyl adjacent to an activating group) is 4. The molecule has 0 saturated carbocycles. The molecule has 4 amide bonds. The average Bonchev–Trinajstić information content (AvgIpc) is 3.46. The zero-order valence-corrected chi connectivity index (χ0v) is 73.9. The number of nitrogens with zero attached hydrogens (tertiary/aromatic N) is 7. The van der Waals surface area contributed by atoms with Crippen LogP contribution < -0.4 is 37.2 Å². The lowest BCUT2D eigenvalue weighted by Gasteiger charge is -2.31. The maximum Gasteiger partial charge on any atom is 0.319 e. The van der Waals surface area contributed by atoms with Gasteiger partial charge in [-0.1, -0.05) is 54.9 Å². The molecule has 17 nitrogen and oxygen atoms in total. The third kappa shape index (κ3) is 106. The molecule has 0 aliphatic heterocycles. The molecule has 0 aliphatic carbocycles. The van der Waals surface area contributed by atoms with Gasteiger partial charge >= 0.3 is 6.03 Å². The maximum absolute atomic E-state index is 11.6. The largest absolute Gasteiger partial charge is 0.348 e. The predicted octanol–water partition coefficient (Wildman–Crippen LogP) is 14.9. The van der Waals surface area contributed by atoms with Crippen molar-refractivity contribution in [3.63, 3.8) is 0 Å². The molecule has 2 unspecified atom stereocenters. The summed E-state index contributed by atoms with van der Waals surface area (Å²) in [6.45, 7) is 88.5. The van der Waals surface area contributed by atoms with Crippen LogP contribution in [0.1, 0.15) is 289 Å². The van der Waals surface area contributed by atoms with Gasteiger partial charge in [0.1, 0.15) is 0 Å². The molecule has 0 spiro atoms. The minimum atomic E-state index is -0.0602. The Hall–Kier alpha value is -2.19. The standard InChI is InChI=1S/C10H23N3O.C10H22N2O.C9H20N2O.C9H21N.C8H19N.2C7H17N.2C6H15N.C5H13N/c1-10(2,3)11-7-8-13(6)9(14)12(4)5;1-7-8(9(13)12(5)6)11-10(2,3)4;1-9(2,3)11(6)7-8(12)10(4)5;1-6-7-8(2)10-9(3,4)5;1-7(2)6-9-8(3,4)5;1-6-8(5)7(2,3)4;1-5-6-8-7(2,3)4;1-6(2,3)7(4)5;1-5-7-6(2,3)4;1-5(2,3)6-4/h11H,7-8H2,1-6H3;8,11H,7H2,1-6H3;7H2,1-6H3;8,10H,6-7H2,1-5H3;7,9H,6H2,1-5H3;6H2,1-5H3;8H,5-6H2,1-4H3;1-5H3;7H,5H2,1-4H3;6H,1-4H3. The number of amides is 4. The van der Waals surface area contributed by atoms with Crippen LogP contribution in [0.3, 0.4) is 0 Å². The topological polar surface area (TPSA) is 158 Å². The van der Waals surface area contributed by atoms with E-state index >= 15 is 0 Å². The van der Waals surface area contributed by atoms with Gasteiger partial charge in [-0.15, -0.1) is 0 Å². The molecular formula is C77H182N14O3. The van der Waals surface area contributed by atoms with E-state index in [1.165, 1.54) is 19.3 Å². The molecule has 0 aromatic rings. The summed E-state index contributed by atoms with van der Waals surface area (Å²) >= 11 is 0. The summed E-state index contributed by atoms with van der Waals surface area (Å²) < 4.78 is 0. The van der Waals surface area contributed by atoms with Crippen LogP contribution in [0, 0.1) is 5.92 Å². The van der Waals surface area contributed by atoms with Gasteiger partial charge in [-0.3, -0.25) is 14.5 Å². The van der Waals surface area contributed by atoms with Crippen LogP contribution in [-0.2, 0) is 9.59 Å². The molecule has 578 valence electrons. The molecule has 2 atom stereocenters. The third-order valence-electron chi connectivity index (χ3n) is 13.3. The van der Waals surface area contributed by atoms with Gasteiger partial charge in [0.25, 0.3) is 0 Å². The number of nitrogens with one attached hydrogen (secondary N) is 7. The smallest absolute Gasteiger partial charge is 0.319 e. The molecule has 0 saturated heterocycles. The van der Waals surface area contributed by atoms with Crippen molar-refractivity contribution in [2.75, 3.05) is 130 Å². The fourth-order valence-electron chi connectivity index (χ4n) is 6.05. The van der Waals surface area contributed by atoms with E-state index in [4.69, 9.17) is 0 Å². The first kappa shape index (κ1) is 113. The third-order valence-corrected chi connectivity index (χ3v) is 13.3. The average molecular weight is 1350 g/mol. The molecule has 0 radical (unpaired) electrons. The van der Waals surface area contributed by atoms with E-state index < -0.39 is 0 Å². The molecule has 0 aromatic carbocycles. The summed E-state index contributed by atoms with van der Waals surface area (Å²) in [5.41, 5.74) is 2.29. The first-order valence-corrected chi connectivity index (χ1v) is 35.9. The van der Waals surface area contributed by atoms with Crippen LogP contribution in [0.2, 0.25) is 0 Å². The van der Waals surface area contributed by atoms with Crippen molar-refractivity contribution in [3.8, 4) is 0 Å². The van der Waals surface area contributed by atoms with Gasteiger partial charge in [-0.2, -0.15) is 0 Å². The number of hydrogen-bond acceptors (Lipinski definition) is 13. The Balaban J connectivity index is -0.000000105. The molecular weight excluding hydrogens is 1170 g/mol. The normalized spacial score (nSPS) is 12.7. The lowest BCUT2D eigenvalue weighted by atomic mass is 10.1. The van der Waals surface area contributed by atoms with E-state index in [0.29, 0.717) is 40.3 Å². The number of carbonyl (C=O) groups excluding carboxylic acids is 3. The second kappa shape index (κ2) is 55.6. The van der Waals surface area contributed by atoms with Gasteiger partial charge in [0.2, 0.25) is 11.8 Å². The Morgan fingerprint density at radius 1 is 0.404 bits per heavy atom. The fourth-order valence-corrected chi connectivity index (χ4v) is 6.05. The van der Waals surface area contributed by atoms with E-state index in [1.54, 1.807) is 61.9 Å². The van der Waals surface area contributed by atoms with Crippen LogP contribution in [0.15, 0.2) is 0 Å². The fraction of sp³-hybridized carbons (Fsp3) is 0.961. The van der Waals surface area contributed by atoms with Gasteiger partial charge in [0, 0.05) is 124 Å². The van der Waals surface area contributed by atoms with Crippen molar-refractivity contribution in [2.24, 2.45) is 5.92 Å². The summed E-state index contributed by atoms with van der Waals surface area (Å²) in [4.78, 5) is 47.4. The van der Waals surface area contributed by atoms with Crippen molar-refractivity contribution >= 4 is 17.8 Å². The van der Waals surface area contributed by atoms with Gasteiger partial charge < -0.3 is 66.6 Å². The molecule has 0 aromatic heterocycles. The first-order chi connectivity index (χ1) is 41.2. The lowest BCUT2D eigenvalue weighted by molar-refractivity contribution is -0.131. The number of rotatable bonds is 17. The molecule has 17 heteroatoms. The van der Waals surface area contributed by atoms with E-state index in [-0.39, 0.29) is 51.6 Å². The number of carbonyl (C=O) groups is 3. The van der Waals surface area contributed by atoms with Gasteiger partial charge in [0.15, 0.2) is 0 Å². The van der Waals surface area contributed by atoms with Gasteiger partial charge in [0.05, 0.1) is 12.6 Å². The Kier molecular flexibility index (Phi) is 66.9. The van der Waals surface area contributed by atoms with Crippen LogP contribution >= 0.6 is 0 Å². The zero-order chi connectivity index (χ0) is 78.2. The Labute approximate surface area is 593 Å². The van der Waals surface area contributed by atoms with Crippen molar-refractivity contribution in [3.05, 3.63) is 0 Å². The monoisotopic (exact) mass is 1350 g/mol. The molecule has 0 aliphatic rings. The maximum atomic E-state index is 11.6. The first-order valence-electron chi connectivity index (χ1n) is 35.9. The van der Waals surface area contributed by atoms with Crippen LogP contribution in [-0.4, -0.2) is 250 Å². The summed E-state index contributed by atoms with van der Waals surface area (Å²) in [6, 6.07) is 0.640. The van der Waals surface area contributed by atoms with Crippen molar-refractivity contribution in [1.29, 1.82) is 0 Å². The van der Waals surface area contributed by atoms with E-state index in [1.807, 2.05) is 33.0 Å². The van der Waals surface area contributed by atoms with E-state index in [0.717, 1.165) is 51.6 Å². The highest BCUT2D eigenvalue weighted by Gasteiger charge is 2.24. The molecule has 7 N–H and O–H groups in total. The molecule has 0 rings (SSSR count). The van der Waals surface area contributed by atoms with Crippen molar-refractivity contribution < 1.29 is 14.4 Å². The summed E-state index contributed by atoms with van der Waals surface area (Å²) in [7, 11) is 22.7. The highest BCUT2D eigenvalue weighted by Crippen LogP contribution is 2.11. The lowest BCUT2D eigenvalue weighted by Crippen LogP contribution is -2.50. The minimum Gasteiger partial charge on any atom is -0.348 e. The Morgan fingerprint density at radius 2 is 0.755 bits per heavy atom. The Morgan fingerprint density at radius 3 is 0.926 bits per heavy atom. The summed E-state index contributed by atoms with van der Waals surface area (Å²) in [6.07, 6.45) is 4.59. The van der Waals surface area contributed by atoms with E-state index in [2.05, 4.69) is 324 Å². The van der Waals surface area contributed by atoms with Crippen LogP contribution in [0.4, 0.5) is 4.79 Å². The summed E-state index contributed by atoms with van der Waals surface area (Å²) in [5.74, 6) is 1.05. The summed E-state index contributed by atoms with van der Waals surface area (Å²) in [5, 5.41) is 23.3. The molecule has 0 bridgehead atoms. The zero-order valence-electron chi connectivity index (χ0n) is 73.9. The SMILES string of the molecule is CC(C)CNC(C)(C)C.CCC(NC(C)(C)C)C(=O)N(C)C.CCCC(C)NC(C)(C)C.CCCNC(C)(C)C.CCN(C)C(C)(C)C.CCNC(C)(C)C.CN(C)C(=O)CN(C)C(C)(C)C.CN(C)C(=O)N(C)CCNC(C)(C)C.CN(C)C(C)(C)C.CNC(C)(C)C.